The summed E-state index contributed by atoms with van der Waals surface area (Å²) < 4.78 is 14.8. The quantitative estimate of drug-likeness (QED) is 0.418. The maximum absolute atomic E-state index is 13.1. The van der Waals surface area contributed by atoms with Gasteiger partial charge in [0.25, 0.3) is 0 Å². The van der Waals surface area contributed by atoms with E-state index >= 15 is 0 Å². The maximum atomic E-state index is 13.1. The molecular formula is C25H29N5O3. The molecule has 1 N–H and O–H groups in total. The molecule has 4 aromatic rings. The van der Waals surface area contributed by atoms with Gasteiger partial charge in [-0.1, -0.05) is 6.07 Å². The van der Waals surface area contributed by atoms with Crippen molar-refractivity contribution in [2.45, 2.75) is 31.4 Å². The van der Waals surface area contributed by atoms with Crippen molar-refractivity contribution in [3.05, 3.63) is 53.2 Å². The molecule has 5 rings (SSSR count). The van der Waals surface area contributed by atoms with Crippen LogP contribution in [-0.2, 0) is 11.8 Å². The van der Waals surface area contributed by atoms with Crippen LogP contribution in [0.15, 0.2) is 47.5 Å². The van der Waals surface area contributed by atoms with Crippen LogP contribution < -0.4 is 15.7 Å². The van der Waals surface area contributed by atoms with Crippen molar-refractivity contribution in [1.29, 1.82) is 0 Å². The van der Waals surface area contributed by atoms with E-state index in [1.807, 2.05) is 49.1 Å². The van der Waals surface area contributed by atoms with Gasteiger partial charge in [0.05, 0.1) is 35.5 Å². The summed E-state index contributed by atoms with van der Waals surface area (Å²) in [6, 6.07) is 10.2. The highest BCUT2D eigenvalue weighted by Gasteiger charge is 2.33. The Balaban J connectivity index is 1.52. The van der Waals surface area contributed by atoms with Crippen molar-refractivity contribution >= 4 is 21.9 Å². The molecule has 0 spiro atoms. The number of methoxy groups -OCH3 is 1. The predicted molar refractivity (Wildman–Crippen MR) is 129 cm³/mol. The number of nitrogens with zero attached hydrogens (tertiary/aromatic N) is 4. The maximum Gasteiger partial charge on any atom is 0.329 e. The van der Waals surface area contributed by atoms with Gasteiger partial charge in [-0.25, -0.2) is 9.78 Å². The van der Waals surface area contributed by atoms with Crippen molar-refractivity contribution in [2.24, 2.45) is 7.05 Å². The Morgan fingerprint density at radius 3 is 2.67 bits per heavy atom. The number of rotatable bonds is 8. The number of hydrogen-bond donors (Lipinski definition) is 1. The molecule has 172 valence electrons. The second-order valence-corrected chi connectivity index (χ2v) is 8.61. The smallest absolute Gasteiger partial charge is 0.329 e. The van der Waals surface area contributed by atoms with Gasteiger partial charge >= 0.3 is 5.69 Å². The number of ether oxygens (including phenoxy) is 2. The van der Waals surface area contributed by atoms with E-state index in [-0.39, 0.29) is 17.8 Å². The van der Waals surface area contributed by atoms with Gasteiger partial charge in [-0.15, -0.1) is 0 Å². The van der Waals surface area contributed by atoms with Crippen LogP contribution in [0.5, 0.6) is 5.88 Å². The number of benzene rings is 1. The van der Waals surface area contributed by atoms with Gasteiger partial charge < -0.3 is 14.8 Å². The van der Waals surface area contributed by atoms with Crippen LogP contribution in [0.25, 0.3) is 33.1 Å². The molecule has 1 aromatic carbocycles. The lowest BCUT2D eigenvalue weighted by Gasteiger charge is -2.34. The third kappa shape index (κ3) is 3.89. The van der Waals surface area contributed by atoms with E-state index in [0.29, 0.717) is 12.5 Å². The Kier molecular flexibility index (Phi) is 5.86. The average Bonchev–Trinajstić information content (AvgIpc) is 3.07. The minimum Gasteiger partial charge on any atom is -0.478 e. The van der Waals surface area contributed by atoms with Gasteiger partial charge in [0.1, 0.15) is 0 Å². The largest absolute Gasteiger partial charge is 0.478 e. The van der Waals surface area contributed by atoms with E-state index in [2.05, 4.69) is 21.4 Å². The molecular weight excluding hydrogens is 418 g/mol. The molecule has 3 heterocycles. The van der Waals surface area contributed by atoms with Crippen molar-refractivity contribution in [3.8, 4) is 17.0 Å². The lowest BCUT2D eigenvalue weighted by Crippen LogP contribution is -2.37. The van der Waals surface area contributed by atoms with Gasteiger partial charge in [0.15, 0.2) is 0 Å². The summed E-state index contributed by atoms with van der Waals surface area (Å²) in [4.78, 5) is 22.2. The fourth-order valence-corrected chi connectivity index (χ4v) is 4.55. The third-order valence-electron chi connectivity index (χ3n) is 6.57. The van der Waals surface area contributed by atoms with E-state index in [9.17, 15) is 4.79 Å². The average molecular weight is 448 g/mol. The fourth-order valence-electron chi connectivity index (χ4n) is 4.55. The third-order valence-corrected chi connectivity index (χ3v) is 6.57. The van der Waals surface area contributed by atoms with Gasteiger partial charge in [-0.3, -0.25) is 14.1 Å². The van der Waals surface area contributed by atoms with Crippen LogP contribution in [0.4, 0.5) is 0 Å². The summed E-state index contributed by atoms with van der Waals surface area (Å²) in [5, 5.41) is 4.07. The van der Waals surface area contributed by atoms with Gasteiger partial charge in [0, 0.05) is 43.4 Å². The molecule has 8 heteroatoms. The Hall–Kier alpha value is -3.23. The van der Waals surface area contributed by atoms with Gasteiger partial charge in [-0.2, -0.15) is 0 Å². The summed E-state index contributed by atoms with van der Waals surface area (Å²) in [7, 11) is 5.46. The molecule has 33 heavy (non-hydrogen) atoms. The first-order valence-corrected chi connectivity index (χ1v) is 11.4. The Labute approximate surface area is 192 Å². The van der Waals surface area contributed by atoms with Crippen molar-refractivity contribution in [1.82, 2.24) is 24.4 Å². The molecule has 1 aliphatic rings. The zero-order valence-electron chi connectivity index (χ0n) is 19.2. The number of hydrogen-bond acceptors (Lipinski definition) is 6. The highest BCUT2D eigenvalue weighted by atomic mass is 16.5. The van der Waals surface area contributed by atoms with Crippen molar-refractivity contribution in [2.75, 3.05) is 27.3 Å². The highest BCUT2D eigenvalue weighted by molar-refractivity contribution is 6.04. The molecule has 1 saturated carbocycles. The first kappa shape index (κ1) is 21.6. The van der Waals surface area contributed by atoms with Crippen LogP contribution >= 0.6 is 0 Å². The minimum absolute atomic E-state index is 0.00861. The molecule has 3 aromatic heterocycles. The van der Waals surface area contributed by atoms with Gasteiger partial charge in [-0.05, 0) is 56.6 Å². The summed E-state index contributed by atoms with van der Waals surface area (Å²) in [6.07, 6.45) is 6.46. The first-order valence-electron chi connectivity index (χ1n) is 11.4. The Morgan fingerprint density at radius 1 is 1.12 bits per heavy atom. The zero-order valence-corrected chi connectivity index (χ0v) is 19.2. The molecule has 0 unspecified atom stereocenters. The van der Waals surface area contributed by atoms with Crippen LogP contribution in [0.1, 0.15) is 25.3 Å². The molecule has 0 radical (unpaired) electrons. The number of aromatic nitrogens is 4. The molecule has 1 aliphatic carbocycles. The number of nitrogens with one attached hydrogen (secondary N) is 1. The molecule has 0 saturated heterocycles. The zero-order chi connectivity index (χ0) is 22.9. The fraction of sp³-hybridized carbons (Fsp3) is 0.400. The van der Waals surface area contributed by atoms with E-state index in [1.54, 1.807) is 17.9 Å². The normalized spacial score (nSPS) is 18.0. The van der Waals surface area contributed by atoms with Crippen LogP contribution in [0, 0.1) is 0 Å². The minimum atomic E-state index is -0.00861. The molecule has 0 atom stereocenters. The summed E-state index contributed by atoms with van der Waals surface area (Å²) in [6.45, 7) is 1.54. The first-order chi connectivity index (χ1) is 16.1. The molecule has 0 amide bonds. The predicted octanol–water partition coefficient (Wildman–Crippen LogP) is 3.29. The van der Waals surface area contributed by atoms with E-state index < -0.39 is 0 Å². The Bertz CT molecular complexity index is 1340. The van der Waals surface area contributed by atoms with Crippen molar-refractivity contribution in [3.63, 3.8) is 0 Å². The highest BCUT2D eigenvalue weighted by Crippen LogP contribution is 2.37. The van der Waals surface area contributed by atoms with Gasteiger partial charge in [0.2, 0.25) is 5.88 Å². The molecule has 1 fully saturated rings. The monoisotopic (exact) mass is 447 g/mol. The molecule has 8 nitrogen and oxygen atoms in total. The van der Waals surface area contributed by atoms with E-state index in [1.165, 1.54) is 0 Å². The van der Waals surface area contributed by atoms with Crippen LogP contribution in [0.2, 0.25) is 0 Å². The lowest BCUT2D eigenvalue weighted by atomic mass is 9.89. The summed E-state index contributed by atoms with van der Waals surface area (Å²) in [5.74, 6) is 0.620. The SMILES string of the molecule is CNCCCOc1ccc(-c2ccc3ncc4c(c3c2)n(C2CC(OC)C2)c(=O)n4C)cn1. The second-order valence-electron chi connectivity index (χ2n) is 8.61. The number of pyridine rings is 2. The standard InChI is InChI=1S/C25H29N5O3/c1-26-9-4-10-33-23-8-6-17(14-28-23)16-5-7-21-20(11-16)24-22(15-27-21)29(2)25(31)30(24)18-12-19(13-18)32-3/h5-8,11,14-15,18-19,26H,4,9-10,12-13H2,1-3H3. The number of imidazole rings is 1. The van der Waals surface area contributed by atoms with E-state index in [0.717, 1.165) is 58.9 Å². The van der Waals surface area contributed by atoms with Crippen LogP contribution in [0.3, 0.4) is 0 Å². The van der Waals surface area contributed by atoms with Crippen LogP contribution in [-0.4, -0.2) is 52.5 Å². The topological polar surface area (TPSA) is 83.2 Å². The van der Waals surface area contributed by atoms with Crippen molar-refractivity contribution < 1.29 is 9.47 Å². The molecule has 0 bridgehead atoms. The summed E-state index contributed by atoms with van der Waals surface area (Å²) in [5.41, 5.74) is 4.65. The second kappa shape index (κ2) is 8.96. The number of aryl methyl sites for hydroxylation is 1. The number of fused-ring (bicyclic) bond motifs is 3. The summed E-state index contributed by atoms with van der Waals surface area (Å²) >= 11 is 0. The Morgan fingerprint density at radius 2 is 1.94 bits per heavy atom. The van der Waals surface area contributed by atoms with E-state index in [4.69, 9.17) is 9.47 Å². The molecule has 0 aliphatic heterocycles. The lowest BCUT2D eigenvalue weighted by molar-refractivity contribution is 0.00635.